The average Bonchev–Trinajstić information content (AvgIpc) is 2.78. The van der Waals surface area contributed by atoms with Crippen molar-refractivity contribution < 1.29 is 4.79 Å². The van der Waals surface area contributed by atoms with E-state index >= 15 is 0 Å². The van der Waals surface area contributed by atoms with Crippen LogP contribution >= 0.6 is 0 Å². The zero-order valence-electron chi connectivity index (χ0n) is 8.42. The van der Waals surface area contributed by atoms with E-state index < -0.39 is 0 Å². The number of benzene rings is 1. The maximum Gasteiger partial charge on any atom is 0.214 e. The molecular formula is C11H11N3O. The van der Waals surface area contributed by atoms with Gasteiger partial charge in [-0.2, -0.15) is 0 Å². The van der Waals surface area contributed by atoms with Crippen molar-refractivity contribution in [2.45, 2.75) is 13.5 Å². The lowest BCUT2D eigenvalue weighted by atomic mass is 10.1. The second-order valence-electron chi connectivity index (χ2n) is 3.15. The van der Waals surface area contributed by atoms with Gasteiger partial charge in [-0.05, 0) is 6.92 Å². The van der Waals surface area contributed by atoms with E-state index in [2.05, 4.69) is 10.3 Å². The van der Waals surface area contributed by atoms with Crippen molar-refractivity contribution in [1.29, 1.82) is 0 Å². The number of aryl methyl sites for hydroxylation is 1. The zero-order chi connectivity index (χ0) is 10.7. The molecule has 4 nitrogen and oxygen atoms in total. The van der Waals surface area contributed by atoms with Crippen LogP contribution in [0.2, 0.25) is 0 Å². The molecule has 0 spiro atoms. The van der Waals surface area contributed by atoms with Crippen molar-refractivity contribution in [3.05, 3.63) is 47.8 Å². The maximum atomic E-state index is 11.9. The fourth-order valence-electron chi connectivity index (χ4n) is 1.29. The molecule has 2 rings (SSSR count). The third kappa shape index (κ3) is 1.93. The smallest absolute Gasteiger partial charge is 0.214 e. The first-order valence-corrected chi connectivity index (χ1v) is 4.81. The molecule has 1 heterocycles. The summed E-state index contributed by atoms with van der Waals surface area (Å²) in [5, 5.41) is 7.65. The van der Waals surface area contributed by atoms with Crippen LogP contribution in [0.1, 0.15) is 23.0 Å². The Bertz CT molecular complexity index is 462. The molecule has 1 aromatic heterocycles. The summed E-state index contributed by atoms with van der Waals surface area (Å²) in [6.45, 7) is 2.67. The molecule has 0 atom stereocenters. The summed E-state index contributed by atoms with van der Waals surface area (Å²) in [6, 6.07) is 9.08. The molecule has 0 unspecified atom stereocenters. The van der Waals surface area contributed by atoms with E-state index in [9.17, 15) is 4.79 Å². The highest BCUT2D eigenvalue weighted by atomic mass is 16.1. The van der Waals surface area contributed by atoms with Gasteiger partial charge in [-0.15, -0.1) is 5.10 Å². The van der Waals surface area contributed by atoms with Crippen LogP contribution in [0.5, 0.6) is 0 Å². The van der Waals surface area contributed by atoms with Crippen molar-refractivity contribution in [3.8, 4) is 0 Å². The predicted octanol–water partition coefficient (Wildman–Crippen LogP) is 1.53. The highest BCUT2D eigenvalue weighted by molar-refractivity contribution is 6.07. The normalized spacial score (nSPS) is 10.2. The largest absolute Gasteiger partial charge is 0.287 e. The van der Waals surface area contributed by atoms with Crippen LogP contribution in [0.25, 0.3) is 0 Å². The molecule has 0 aliphatic heterocycles. The SMILES string of the molecule is CCn1cc(C(=O)c2ccccc2)nn1. The van der Waals surface area contributed by atoms with E-state index in [0.29, 0.717) is 11.3 Å². The Labute approximate surface area is 87.5 Å². The molecule has 4 heteroatoms. The van der Waals surface area contributed by atoms with Crippen molar-refractivity contribution >= 4 is 5.78 Å². The van der Waals surface area contributed by atoms with Gasteiger partial charge < -0.3 is 0 Å². The first-order valence-electron chi connectivity index (χ1n) is 4.81. The number of carbonyl (C=O) groups is 1. The summed E-state index contributed by atoms with van der Waals surface area (Å²) in [5.41, 5.74) is 1.03. The van der Waals surface area contributed by atoms with Crippen molar-refractivity contribution in [1.82, 2.24) is 15.0 Å². The van der Waals surface area contributed by atoms with Gasteiger partial charge >= 0.3 is 0 Å². The lowest BCUT2D eigenvalue weighted by Crippen LogP contribution is -2.01. The highest BCUT2D eigenvalue weighted by Gasteiger charge is 2.11. The summed E-state index contributed by atoms with van der Waals surface area (Å²) >= 11 is 0. The van der Waals surface area contributed by atoms with Crippen LogP contribution in [-0.4, -0.2) is 20.8 Å². The number of nitrogens with zero attached hydrogens (tertiary/aromatic N) is 3. The molecule has 2 aromatic rings. The second-order valence-corrected chi connectivity index (χ2v) is 3.15. The fraction of sp³-hybridized carbons (Fsp3) is 0.182. The Morgan fingerprint density at radius 3 is 2.67 bits per heavy atom. The van der Waals surface area contributed by atoms with Gasteiger partial charge in [0.1, 0.15) is 0 Å². The lowest BCUT2D eigenvalue weighted by Gasteiger charge is -1.94. The first kappa shape index (κ1) is 9.58. The fourth-order valence-corrected chi connectivity index (χ4v) is 1.29. The van der Waals surface area contributed by atoms with Crippen LogP contribution in [0, 0.1) is 0 Å². The molecule has 0 radical (unpaired) electrons. The average molecular weight is 201 g/mol. The van der Waals surface area contributed by atoms with E-state index in [1.807, 2.05) is 25.1 Å². The molecular weight excluding hydrogens is 190 g/mol. The number of hydrogen-bond acceptors (Lipinski definition) is 3. The number of aromatic nitrogens is 3. The molecule has 0 bridgehead atoms. The summed E-state index contributed by atoms with van der Waals surface area (Å²) in [7, 11) is 0. The Hall–Kier alpha value is -1.97. The number of carbonyl (C=O) groups excluding carboxylic acids is 1. The minimum absolute atomic E-state index is 0.0877. The minimum Gasteiger partial charge on any atom is -0.287 e. The van der Waals surface area contributed by atoms with Crippen molar-refractivity contribution in [2.24, 2.45) is 0 Å². The molecule has 0 N–H and O–H groups in total. The lowest BCUT2D eigenvalue weighted by molar-refractivity contribution is 0.103. The Kier molecular flexibility index (Phi) is 2.58. The van der Waals surface area contributed by atoms with Gasteiger partial charge in [0.2, 0.25) is 5.78 Å². The molecule has 15 heavy (non-hydrogen) atoms. The van der Waals surface area contributed by atoms with Crippen LogP contribution < -0.4 is 0 Å². The Morgan fingerprint density at radius 2 is 2.07 bits per heavy atom. The van der Waals surface area contributed by atoms with E-state index in [-0.39, 0.29) is 5.78 Å². The van der Waals surface area contributed by atoms with Crippen LogP contribution in [0.3, 0.4) is 0 Å². The van der Waals surface area contributed by atoms with E-state index in [1.54, 1.807) is 23.0 Å². The molecule has 0 saturated heterocycles. The van der Waals surface area contributed by atoms with Gasteiger partial charge in [-0.1, -0.05) is 35.5 Å². The van der Waals surface area contributed by atoms with E-state index in [0.717, 1.165) is 6.54 Å². The van der Waals surface area contributed by atoms with Gasteiger partial charge in [-0.25, -0.2) is 0 Å². The third-order valence-electron chi connectivity index (χ3n) is 2.13. The summed E-state index contributed by atoms with van der Waals surface area (Å²) in [6.07, 6.45) is 1.66. The monoisotopic (exact) mass is 201 g/mol. The quantitative estimate of drug-likeness (QED) is 0.707. The standard InChI is InChI=1S/C11H11N3O/c1-2-14-8-10(12-13-14)11(15)9-6-4-3-5-7-9/h3-8H,2H2,1H3. The maximum absolute atomic E-state index is 11.9. The van der Waals surface area contributed by atoms with Crippen molar-refractivity contribution in [2.75, 3.05) is 0 Å². The third-order valence-corrected chi connectivity index (χ3v) is 2.13. The van der Waals surface area contributed by atoms with Gasteiger partial charge in [0.05, 0.1) is 6.20 Å². The van der Waals surface area contributed by atoms with Crippen LogP contribution in [-0.2, 0) is 6.54 Å². The first-order chi connectivity index (χ1) is 7.31. The summed E-state index contributed by atoms with van der Waals surface area (Å²) in [4.78, 5) is 11.9. The molecule has 0 amide bonds. The van der Waals surface area contributed by atoms with Gasteiger partial charge in [0.25, 0.3) is 0 Å². The van der Waals surface area contributed by atoms with E-state index in [4.69, 9.17) is 0 Å². The Balaban J connectivity index is 2.29. The molecule has 76 valence electrons. The summed E-state index contributed by atoms with van der Waals surface area (Å²) in [5.74, 6) is -0.0877. The van der Waals surface area contributed by atoms with Gasteiger partial charge in [0.15, 0.2) is 5.69 Å². The molecule has 0 saturated carbocycles. The molecule has 0 aliphatic carbocycles. The zero-order valence-corrected chi connectivity index (χ0v) is 8.42. The highest BCUT2D eigenvalue weighted by Crippen LogP contribution is 2.06. The molecule has 0 aliphatic rings. The second kappa shape index (κ2) is 4.04. The number of rotatable bonds is 3. The molecule has 0 fully saturated rings. The van der Waals surface area contributed by atoms with E-state index in [1.165, 1.54) is 0 Å². The van der Waals surface area contributed by atoms with Gasteiger partial charge in [0, 0.05) is 12.1 Å². The summed E-state index contributed by atoms with van der Waals surface area (Å²) < 4.78 is 1.64. The number of ketones is 1. The number of hydrogen-bond donors (Lipinski definition) is 0. The topological polar surface area (TPSA) is 47.8 Å². The van der Waals surface area contributed by atoms with Crippen molar-refractivity contribution in [3.63, 3.8) is 0 Å². The van der Waals surface area contributed by atoms with Gasteiger partial charge in [-0.3, -0.25) is 9.48 Å². The Morgan fingerprint density at radius 1 is 1.33 bits per heavy atom. The minimum atomic E-state index is -0.0877. The predicted molar refractivity (Wildman–Crippen MR) is 55.6 cm³/mol. The molecule has 1 aromatic carbocycles. The van der Waals surface area contributed by atoms with Crippen LogP contribution in [0.4, 0.5) is 0 Å². The van der Waals surface area contributed by atoms with Crippen LogP contribution in [0.15, 0.2) is 36.5 Å².